The van der Waals surface area contributed by atoms with Gasteiger partial charge in [-0.3, -0.25) is 9.59 Å². The number of hydrogen-bond donors (Lipinski definition) is 4. The zero-order valence-electron chi connectivity index (χ0n) is 7.37. The Hall–Kier alpha value is -1.89. The number of amides is 2. The Morgan fingerprint density at radius 1 is 1.29 bits per heavy atom. The van der Waals surface area contributed by atoms with Crippen molar-refractivity contribution in [2.24, 2.45) is 5.73 Å². The van der Waals surface area contributed by atoms with E-state index in [9.17, 15) is 14.4 Å². The van der Waals surface area contributed by atoms with Crippen LogP contribution in [0.5, 0.6) is 0 Å². The highest BCUT2D eigenvalue weighted by Gasteiger charge is 2.08. The smallest absolute Gasteiger partial charge is 0.351 e. The summed E-state index contributed by atoms with van der Waals surface area (Å²) >= 11 is 0. The lowest BCUT2D eigenvalue weighted by Gasteiger charge is -2.04. The van der Waals surface area contributed by atoms with Crippen molar-refractivity contribution < 1.29 is 19.5 Å². The number of carbonyl (C=O) groups excluding carboxylic acids is 2. The van der Waals surface area contributed by atoms with Gasteiger partial charge >= 0.3 is 5.97 Å². The van der Waals surface area contributed by atoms with Gasteiger partial charge in [0, 0.05) is 0 Å². The van der Waals surface area contributed by atoms with Crippen LogP contribution in [0.4, 0.5) is 0 Å². The molecule has 0 atom stereocenters. The molecule has 0 radical (unpaired) electrons. The first-order valence-corrected chi connectivity index (χ1v) is 3.66. The molecule has 0 saturated heterocycles. The largest absolute Gasteiger partial charge is 0.477 e. The minimum absolute atomic E-state index is 0.229. The van der Waals surface area contributed by atoms with Crippen LogP contribution in [0.1, 0.15) is 0 Å². The number of nitrogens with two attached hydrogens (primary N) is 1. The van der Waals surface area contributed by atoms with Gasteiger partial charge in [0.1, 0.15) is 5.70 Å². The first-order chi connectivity index (χ1) is 6.47. The lowest BCUT2D eigenvalue weighted by atomic mass is 10.4. The third-order valence-corrected chi connectivity index (χ3v) is 1.18. The van der Waals surface area contributed by atoms with Crippen molar-refractivity contribution >= 4 is 17.8 Å². The summed E-state index contributed by atoms with van der Waals surface area (Å²) in [6.07, 6.45) is 0. The van der Waals surface area contributed by atoms with E-state index >= 15 is 0 Å². The van der Waals surface area contributed by atoms with Crippen LogP contribution in [-0.4, -0.2) is 36.0 Å². The Morgan fingerprint density at radius 3 is 2.29 bits per heavy atom. The Balaban J connectivity index is 3.82. The molecule has 7 nitrogen and oxygen atoms in total. The van der Waals surface area contributed by atoms with E-state index in [0.29, 0.717) is 0 Å². The number of rotatable bonds is 5. The van der Waals surface area contributed by atoms with Gasteiger partial charge in [0.15, 0.2) is 0 Å². The average Bonchev–Trinajstić information content (AvgIpc) is 2.13. The molecule has 78 valence electrons. The van der Waals surface area contributed by atoms with Crippen LogP contribution in [0.3, 0.4) is 0 Å². The van der Waals surface area contributed by atoms with Crippen LogP contribution in [0.2, 0.25) is 0 Å². The fourth-order valence-corrected chi connectivity index (χ4v) is 0.517. The maximum atomic E-state index is 10.9. The first kappa shape index (κ1) is 12.1. The number of hydrogen-bond acceptors (Lipinski definition) is 4. The Labute approximate surface area is 80.0 Å². The van der Waals surface area contributed by atoms with Crippen molar-refractivity contribution in [3.63, 3.8) is 0 Å². The SMILES string of the molecule is C=C(NC(=O)CNC(=O)CN)C(=O)O. The van der Waals surface area contributed by atoms with Crippen molar-refractivity contribution in [2.75, 3.05) is 13.1 Å². The Morgan fingerprint density at radius 2 is 1.86 bits per heavy atom. The molecule has 0 unspecified atom stereocenters. The third kappa shape index (κ3) is 4.88. The first-order valence-electron chi connectivity index (χ1n) is 3.66. The second-order valence-electron chi connectivity index (χ2n) is 2.31. The van der Waals surface area contributed by atoms with E-state index < -0.39 is 23.5 Å². The molecule has 0 fully saturated rings. The highest BCUT2D eigenvalue weighted by atomic mass is 16.4. The van der Waals surface area contributed by atoms with E-state index in [4.69, 9.17) is 10.8 Å². The lowest BCUT2D eigenvalue weighted by Crippen LogP contribution is -2.39. The third-order valence-electron chi connectivity index (χ3n) is 1.18. The fourth-order valence-electron chi connectivity index (χ4n) is 0.517. The molecule has 7 heteroatoms. The minimum Gasteiger partial charge on any atom is -0.477 e. The Kier molecular flexibility index (Phi) is 4.93. The van der Waals surface area contributed by atoms with E-state index in [1.165, 1.54) is 0 Å². The monoisotopic (exact) mass is 201 g/mol. The van der Waals surface area contributed by atoms with E-state index in [1.807, 2.05) is 5.32 Å². The van der Waals surface area contributed by atoms with E-state index in [2.05, 4.69) is 11.9 Å². The van der Waals surface area contributed by atoms with E-state index in [-0.39, 0.29) is 13.1 Å². The van der Waals surface area contributed by atoms with Crippen LogP contribution in [-0.2, 0) is 14.4 Å². The van der Waals surface area contributed by atoms with E-state index in [1.54, 1.807) is 0 Å². The van der Waals surface area contributed by atoms with Gasteiger partial charge in [0.25, 0.3) is 0 Å². The number of carboxylic acids is 1. The number of carboxylic acid groups (broad SMARTS) is 1. The second-order valence-corrected chi connectivity index (χ2v) is 2.31. The summed E-state index contributed by atoms with van der Waals surface area (Å²) in [6, 6.07) is 0. The van der Waals surface area contributed by atoms with Crippen LogP contribution >= 0.6 is 0 Å². The lowest BCUT2D eigenvalue weighted by molar-refractivity contribution is -0.134. The van der Waals surface area contributed by atoms with Crippen molar-refractivity contribution in [2.45, 2.75) is 0 Å². The molecule has 0 heterocycles. The molecule has 0 aromatic carbocycles. The van der Waals surface area contributed by atoms with Crippen LogP contribution < -0.4 is 16.4 Å². The van der Waals surface area contributed by atoms with Gasteiger partial charge in [-0.05, 0) is 0 Å². The van der Waals surface area contributed by atoms with E-state index in [0.717, 1.165) is 0 Å². The molecule has 0 aliphatic rings. The quantitative estimate of drug-likeness (QED) is 0.375. The predicted molar refractivity (Wildman–Crippen MR) is 47.0 cm³/mol. The van der Waals surface area contributed by atoms with Gasteiger partial charge < -0.3 is 21.5 Å². The molecular weight excluding hydrogens is 190 g/mol. The summed E-state index contributed by atoms with van der Waals surface area (Å²) in [5.74, 6) is -2.50. The van der Waals surface area contributed by atoms with Gasteiger partial charge in [-0.1, -0.05) is 6.58 Å². The van der Waals surface area contributed by atoms with Gasteiger partial charge in [-0.25, -0.2) is 4.79 Å². The topological polar surface area (TPSA) is 122 Å². The number of aliphatic carboxylic acids is 1. The van der Waals surface area contributed by atoms with Crippen LogP contribution in [0.15, 0.2) is 12.3 Å². The molecular formula is C7H11N3O4. The highest BCUT2D eigenvalue weighted by molar-refractivity contribution is 5.93. The average molecular weight is 201 g/mol. The summed E-state index contributed by atoms with van der Waals surface area (Å²) in [5.41, 5.74) is 4.51. The Bertz CT molecular complexity index is 274. The van der Waals surface area contributed by atoms with Crippen molar-refractivity contribution in [3.05, 3.63) is 12.3 Å². The van der Waals surface area contributed by atoms with Crippen molar-refractivity contribution in [3.8, 4) is 0 Å². The molecule has 0 aliphatic carbocycles. The van der Waals surface area contributed by atoms with Crippen molar-refractivity contribution in [1.82, 2.24) is 10.6 Å². The molecule has 0 spiro atoms. The molecule has 14 heavy (non-hydrogen) atoms. The predicted octanol–water partition coefficient (Wildman–Crippen LogP) is -2.22. The van der Waals surface area contributed by atoms with Crippen LogP contribution in [0, 0.1) is 0 Å². The summed E-state index contributed by atoms with van der Waals surface area (Å²) in [6.45, 7) is 2.51. The molecule has 0 aromatic rings. The maximum Gasteiger partial charge on any atom is 0.351 e. The summed E-state index contributed by atoms with van der Waals surface area (Å²) < 4.78 is 0. The van der Waals surface area contributed by atoms with Gasteiger partial charge in [0.2, 0.25) is 11.8 Å². The van der Waals surface area contributed by atoms with Crippen molar-refractivity contribution in [1.29, 1.82) is 0 Å². The van der Waals surface area contributed by atoms with Crippen LogP contribution in [0.25, 0.3) is 0 Å². The highest BCUT2D eigenvalue weighted by Crippen LogP contribution is 1.81. The van der Waals surface area contributed by atoms with Gasteiger partial charge in [0.05, 0.1) is 13.1 Å². The normalized spacial score (nSPS) is 8.93. The van der Waals surface area contributed by atoms with Gasteiger partial charge in [-0.2, -0.15) is 0 Å². The molecule has 0 rings (SSSR count). The zero-order valence-corrected chi connectivity index (χ0v) is 7.37. The standard InChI is InChI=1S/C7H11N3O4/c1-4(7(13)14)10-6(12)3-9-5(11)2-8/h1-3,8H2,(H,9,11)(H,10,12)(H,13,14). The minimum atomic E-state index is -1.33. The molecule has 0 aliphatic heterocycles. The summed E-state index contributed by atoms with van der Waals surface area (Å²) in [7, 11) is 0. The molecule has 0 aromatic heterocycles. The number of nitrogens with one attached hydrogen (secondary N) is 2. The number of carbonyl (C=O) groups is 3. The fraction of sp³-hybridized carbons (Fsp3) is 0.286. The molecule has 0 bridgehead atoms. The van der Waals surface area contributed by atoms with Gasteiger partial charge in [-0.15, -0.1) is 0 Å². The second kappa shape index (κ2) is 5.70. The summed E-state index contributed by atoms with van der Waals surface area (Å²) in [4.78, 5) is 31.7. The summed E-state index contributed by atoms with van der Waals surface area (Å²) in [5, 5.41) is 12.5. The zero-order chi connectivity index (χ0) is 11.1. The maximum absolute atomic E-state index is 10.9. The molecule has 0 saturated carbocycles. The molecule has 5 N–H and O–H groups in total. The molecule has 2 amide bonds.